The molecule has 1 amide bonds. The number of hydrogen-bond donors (Lipinski definition) is 1. The van der Waals surface area contributed by atoms with Crippen LogP contribution in [0.3, 0.4) is 0 Å². The molecule has 4 rings (SSSR count). The fourth-order valence-electron chi connectivity index (χ4n) is 4.18. The lowest BCUT2D eigenvalue weighted by atomic mass is 9.94. The van der Waals surface area contributed by atoms with Gasteiger partial charge >= 0.3 is 5.97 Å². The number of fused-ring (bicyclic) bond motifs is 2. The molecule has 0 aliphatic heterocycles. The van der Waals surface area contributed by atoms with Gasteiger partial charge < -0.3 is 10.1 Å². The average Bonchev–Trinajstić information content (AvgIpc) is 3.38. The van der Waals surface area contributed by atoms with Crippen LogP contribution < -0.4 is 10.9 Å². The molecule has 1 saturated carbocycles. The number of allylic oxidation sites excluding steroid dienone is 2. The van der Waals surface area contributed by atoms with Crippen LogP contribution in [-0.2, 0) is 21.4 Å². The van der Waals surface area contributed by atoms with E-state index in [1.807, 2.05) is 30.3 Å². The Morgan fingerprint density at radius 3 is 2.57 bits per heavy atom. The first-order valence-electron chi connectivity index (χ1n) is 9.44. The van der Waals surface area contributed by atoms with E-state index < -0.39 is 12.5 Å². The van der Waals surface area contributed by atoms with Crippen LogP contribution in [0.5, 0.6) is 0 Å². The molecule has 1 aromatic heterocycles. The summed E-state index contributed by atoms with van der Waals surface area (Å²) in [5.74, 6) is -0.317. The molecule has 1 heterocycles. The maximum Gasteiger partial charge on any atom is 0.310 e. The molecular weight excluding hydrogens is 358 g/mol. The van der Waals surface area contributed by atoms with Crippen molar-refractivity contribution in [3.63, 3.8) is 0 Å². The average molecular weight is 381 g/mol. The third-order valence-electron chi connectivity index (χ3n) is 5.75. The van der Waals surface area contributed by atoms with Crippen molar-refractivity contribution in [3.8, 4) is 5.69 Å². The number of esters is 1. The minimum absolute atomic E-state index is 0.156. The second kappa shape index (κ2) is 7.14. The number of ether oxygens (including phenoxy) is 1. The Labute approximate surface area is 162 Å². The van der Waals surface area contributed by atoms with Crippen molar-refractivity contribution in [1.82, 2.24) is 9.36 Å². The first kappa shape index (κ1) is 18.3. The fraction of sp³-hybridized carbons (Fsp3) is 0.381. The van der Waals surface area contributed by atoms with Gasteiger partial charge in [0.05, 0.1) is 17.3 Å². The lowest BCUT2D eigenvalue weighted by molar-refractivity contribution is -0.152. The Hall–Kier alpha value is -3.09. The minimum atomic E-state index is -0.516. The number of anilines is 1. The van der Waals surface area contributed by atoms with Crippen molar-refractivity contribution in [2.75, 3.05) is 11.9 Å². The number of rotatable bonds is 5. The van der Waals surface area contributed by atoms with E-state index in [-0.39, 0.29) is 29.1 Å². The van der Waals surface area contributed by atoms with E-state index in [0.29, 0.717) is 17.3 Å². The largest absolute Gasteiger partial charge is 0.455 e. The molecule has 146 valence electrons. The Balaban J connectivity index is 1.43. The van der Waals surface area contributed by atoms with Crippen molar-refractivity contribution >= 4 is 17.6 Å². The van der Waals surface area contributed by atoms with E-state index >= 15 is 0 Å². The summed E-state index contributed by atoms with van der Waals surface area (Å²) >= 11 is 0. The monoisotopic (exact) mass is 381 g/mol. The highest BCUT2D eigenvalue weighted by atomic mass is 16.5. The first-order chi connectivity index (χ1) is 13.5. The van der Waals surface area contributed by atoms with E-state index in [2.05, 4.69) is 17.5 Å². The molecule has 2 aliphatic carbocycles. The van der Waals surface area contributed by atoms with E-state index in [1.54, 1.807) is 18.7 Å². The number of hydrogen-bond acceptors (Lipinski definition) is 4. The predicted octanol–water partition coefficient (Wildman–Crippen LogP) is 2.18. The number of para-hydroxylation sites is 1. The van der Waals surface area contributed by atoms with Gasteiger partial charge in [0, 0.05) is 7.05 Å². The molecule has 28 heavy (non-hydrogen) atoms. The Morgan fingerprint density at radius 1 is 1.18 bits per heavy atom. The topological polar surface area (TPSA) is 82.3 Å². The molecule has 1 aromatic carbocycles. The highest BCUT2D eigenvalue weighted by molar-refractivity contribution is 5.93. The van der Waals surface area contributed by atoms with Gasteiger partial charge in [0.2, 0.25) is 0 Å². The zero-order valence-electron chi connectivity index (χ0n) is 15.9. The second-order valence-corrected chi connectivity index (χ2v) is 7.48. The summed E-state index contributed by atoms with van der Waals surface area (Å²) in [5.41, 5.74) is 1.18. The Bertz CT molecular complexity index is 1000. The maximum atomic E-state index is 12.8. The van der Waals surface area contributed by atoms with Crippen LogP contribution in [0.4, 0.5) is 5.69 Å². The second-order valence-electron chi connectivity index (χ2n) is 7.48. The van der Waals surface area contributed by atoms with E-state index in [0.717, 1.165) is 12.8 Å². The molecule has 0 saturated heterocycles. The number of amides is 1. The number of carbonyl (C=O) groups is 2. The van der Waals surface area contributed by atoms with Gasteiger partial charge in [0.25, 0.3) is 11.5 Å². The number of aromatic nitrogens is 2. The van der Waals surface area contributed by atoms with E-state index in [9.17, 15) is 14.4 Å². The molecule has 2 bridgehead atoms. The summed E-state index contributed by atoms with van der Waals surface area (Å²) < 4.78 is 8.38. The van der Waals surface area contributed by atoms with Gasteiger partial charge in [0.15, 0.2) is 6.61 Å². The van der Waals surface area contributed by atoms with Crippen molar-refractivity contribution < 1.29 is 14.3 Å². The van der Waals surface area contributed by atoms with Gasteiger partial charge in [-0.15, -0.1) is 0 Å². The molecule has 0 radical (unpaired) electrons. The van der Waals surface area contributed by atoms with Crippen LogP contribution >= 0.6 is 0 Å². The third-order valence-corrected chi connectivity index (χ3v) is 5.75. The minimum Gasteiger partial charge on any atom is -0.455 e. The van der Waals surface area contributed by atoms with Gasteiger partial charge in [-0.2, -0.15) is 0 Å². The molecular formula is C21H23N3O4. The lowest BCUT2D eigenvalue weighted by Gasteiger charge is -2.16. The van der Waals surface area contributed by atoms with Crippen LogP contribution in [0.15, 0.2) is 47.3 Å². The molecule has 2 aliphatic rings. The van der Waals surface area contributed by atoms with Crippen molar-refractivity contribution in [2.24, 2.45) is 24.8 Å². The van der Waals surface area contributed by atoms with Crippen molar-refractivity contribution in [1.29, 1.82) is 0 Å². The Morgan fingerprint density at radius 2 is 1.93 bits per heavy atom. The lowest BCUT2D eigenvalue weighted by Crippen LogP contribution is -2.28. The SMILES string of the molecule is Cc1c(NC(=O)COC(=O)[C@H]2C[C@H]3C=C[C@H]2C3)c(=O)n(-c2ccccc2)n1C. The molecule has 3 atom stereocenters. The third kappa shape index (κ3) is 3.17. The van der Waals surface area contributed by atoms with Crippen LogP contribution in [0.1, 0.15) is 18.5 Å². The quantitative estimate of drug-likeness (QED) is 0.636. The smallest absolute Gasteiger partial charge is 0.310 e. The van der Waals surface area contributed by atoms with Gasteiger partial charge in [-0.25, -0.2) is 4.68 Å². The maximum absolute atomic E-state index is 12.8. The van der Waals surface area contributed by atoms with Gasteiger partial charge in [0.1, 0.15) is 5.69 Å². The van der Waals surface area contributed by atoms with E-state index in [1.165, 1.54) is 4.68 Å². The summed E-state index contributed by atoms with van der Waals surface area (Å²) in [6.45, 7) is 1.36. The van der Waals surface area contributed by atoms with Gasteiger partial charge in [-0.3, -0.25) is 19.1 Å². The van der Waals surface area contributed by atoms with Crippen LogP contribution in [0.2, 0.25) is 0 Å². The summed E-state index contributed by atoms with van der Waals surface area (Å²) in [7, 11) is 1.75. The van der Waals surface area contributed by atoms with Crippen LogP contribution in [-0.4, -0.2) is 27.8 Å². The normalized spacial score (nSPS) is 22.4. The molecule has 1 N–H and O–H groups in total. The van der Waals surface area contributed by atoms with Crippen molar-refractivity contribution in [2.45, 2.75) is 19.8 Å². The summed E-state index contributed by atoms with van der Waals surface area (Å²) in [4.78, 5) is 37.3. The molecule has 0 spiro atoms. The number of carbonyl (C=O) groups excluding carboxylic acids is 2. The Kier molecular flexibility index (Phi) is 4.66. The predicted molar refractivity (Wildman–Crippen MR) is 104 cm³/mol. The fourth-order valence-corrected chi connectivity index (χ4v) is 4.18. The molecule has 0 unspecified atom stereocenters. The molecule has 7 nitrogen and oxygen atoms in total. The van der Waals surface area contributed by atoms with Gasteiger partial charge in [-0.05, 0) is 43.7 Å². The van der Waals surface area contributed by atoms with E-state index in [4.69, 9.17) is 4.74 Å². The number of nitrogens with one attached hydrogen (secondary N) is 1. The van der Waals surface area contributed by atoms with Crippen LogP contribution in [0, 0.1) is 24.7 Å². The zero-order chi connectivity index (χ0) is 19.8. The molecule has 1 fully saturated rings. The van der Waals surface area contributed by atoms with Crippen LogP contribution in [0.25, 0.3) is 5.69 Å². The first-order valence-corrected chi connectivity index (χ1v) is 9.44. The van der Waals surface area contributed by atoms with Gasteiger partial charge in [-0.1, -0.05) is 30.4 Å². The number of nitrogens with zero attached hydrogens (tertiary/aromatic N) is 2. The summed E-state index contributed by atoms with van der Waals surface area (Å²) in [6, 6.07) is 9.18. The standard InChI is InChI=1S/C21H23N3O4/c1-13-19(20(26)24(23(13)2)16-6-4-3-5-7-16)22-18(25)12-28-21(27)17-11-14-8-9-15(17)10-14/h3-9,14-15,17H,10-12H2,1-2H3,(H,22,25)/t14-,15-,17-/m0/s1. The summed E-state index contributed by atoms with van der Waals surface area (Å²) in [5, 5.41) is 2.61. The zero-order valence-corrected chi connectivity index (χ0v) is 15.9. The highest BCUT2D eigenvalue weighted by Gasteiger charge is 2.40. The number of benzene rings is 1. The summed E-state index contributed by atoms with van der Waals surface area (Å²) in [6.07, 6.45) is 6.01. The highest BCUT2D eigenvalue weighted by Crippen LogP contribution is 2.43. The van der Waals surface area contributed by atoms with Crippen molar-refractivity contribution in [3.05, 3.63) is 58.5 Å². The molecule has 7 heteroatoms. The molecule has 2 aromatic rings.